The summed E-state index contributed by atoms with van der Waals surface area (Å²) < 4.78 is 0. The molecular weight excluding hydrogens is 291 g/mol. The molecule has 0 heterocycles. The van der Waals surface area contributed by atoms with Crippen LogP contribution in [0.1, 0.15) is 13.3 Å². The maximum atomic E-state index is 11.6. The van der Waals surface area contributed by atoms with E-state index in [1.54, 1.807) is 13.0 Å². The SMILES string of the molecule is CC[C@@H](CO)NC(=O)C(=O)Nc1ccc(Cl)cc1Cl. The van der Waals surface area contributed by atoms with E-state index in [-0.39, 0.29) is 11.6 Å². The number of anilines is 1. The maximum Gasteiger partial charge on any atom is 0.313 e. The van der Waals surface area contributed by atoms with E-state index in [4.69, 9.17) is 28.3 Å². The van der Waals surface area contributed by atoms with Crippen LogP contribution in [0.4, 0.5) is 5.69 Å². The molecule has 0 unspecified atom stereocenters. The Morgan fingerprint density at radius 1 is 1.32 bits per heavy atom. The summed E-state index contributed by atoms with van der Waals surface area (Å²) in [7, 11) is 0. The van der Waals surface area contributed by atoms with Crippen molar-refractivity contribution in [1.82, 2.24) is 5.32 Å². The summed E-state index contributed by atoms with van der Waals surface area (Å²) in [6, 6.07) is 4.06. The summed E-state index contributed by atoms with van der Waals surface area (Å²) in [5.41, 5.74) is 0.295. The molecule has 104 valence electrons. The van der Waals surface area contributed by atoms with Crippen molar-refractivity contribution < 1.29 is 14.7 Å². The standard InChI is InChI=1S/C12H14Cl2N2O3/c1-2-8(6-17)15-11(18)12(19)16-10-4-3-7(13)5-9(10)14/h3-5,8,17H,2,6H2,1H3,(H,15,18)(H,16,19)/t8-/m0/s1. The van der Waals surface area contributed by atoms with E-state index in [0.717, 1.165) is 0 Å². The molecule has 5 nitrogen and oxygen atoms in total. The Morgan fingerprint density at radius 3 is 2.53 bits per heavy atom. The Labute approximate surface area is 120 Å². The molecule has 0 aliphatic heterocycles. The van der Waals surface area contributed by atoms with Crippen LogP contribution in [0.25, 0.3) is 0 Å². The van der Waals surface area contributed by atoms with E-state index >= 15 is 0 Å². The summed E-state index contributed by atoms with van der Waals surface area (Å²) in [6.45, 7) is 1.56. The molecule has 0 aliphatic rings. The van der Waals surface area contributed by atoms with Crippen LogP contribution >= 0.6 is 23.2 Å². The fourth-order valence-corrected chi connectivity index (χ4v) is 1.75. The fourth-order valence-electron chi connectivity index (χ4n) is 1.30. The molecule has 0 aliphatic carbocycles. The second-order valence-corrected chi connectivity index (χ2v) is 4.68. The molecule has 0 spiro atoms. The molecule has 7 heteroatoms. The molecule has 1 rings (SSSR count). The van der Waals surface area contributed by atoms with Gasteiger partial charge in [0, 0.05) is 5.02 Å². The number of aliphatic hydroxyl groups is 1. The molecule has 2 amide bonds. The predicted molar refractivity (Wildman–Crippen MR) is 74.4 cm³/mol. The molecule has 0 fully saturated rings. The van der Waals surface area contributed by atoms with Gasteiger partial charge in [0.25, 0.3) is 0 Å². The molecule has 0 saturated carbocycles. The van der Waals surface area contributed by atoms with Gasteiger partial charge in [-0.25, -0.2) is 0 Å². The Balaban J connectivity index is 2.66. The average Bonchev–Trinajstić information content (AvgIpc) is 2.38. The highest BCUT2D eigenvalue weighted by Crippen LogP contribution is 2.25. The number of carbonyl (C=O) groups excluding carboxylic acids is 2. The molecule has 1 atom stereocenters. The molecule has 0 aromatic heterocycles. The van der Waals surface area contributed by atoms with E-state index < -0.39 is 17.9 Å². The second-order valence-electron chi connectivity index (χ2n) is 3.84. The Kier molecular flexibility index (Phi) is 6.08. The first-order valence-electron chi connectivity index (χ1n) is 5.65. The van der Waals surface area contributed by atoms with E-state index in [9.17, 15) is 9.59 Å². The molecule has 0 bridgehead atoms. The topological polar surface area (TPSA) is 78.4 Å². The van der Waals surface area contributed by atoms with Gasteiger partial charge >= 0.3 is 11.8 Å². The van der Waals surface area contributed by atoms with Gasteiger partial charge in [-0.3, -0.25) is 9.59 Å². The van der Waals surface area contributed by atoms with Crippen LogP contribution in [-0.4, -0.2) is 29.6 Å². The van der Waals surface area contributed by atoms with Gasteiger partial charge in [0.15, 0.2) is 0 Å². The minimum atomic E-state index is -0.851. The Hall–Kier alpha value is -1.30. The lowest BCUT2D eigenvalue weighted by Crippen LogP contribution is -2.43. The van der Waals surface area contributed by atoms with Crippen molar-refractivity contribution >= 4 is 40.7 Å². The van der Waals surface area contributed by atoms with Crippen molar-refractivity contribution in [3.63, 3.8) is 0 Å². The summed E-state index contributed by atoms with van der Waals surface area (Å²) in [4.78, 5) is 23.2. The van der Waals surface area contributed by atoms with Crippen molar-refractivity contribution in [2.24, 2.45) is 0 Å². The van der Waals surface area contributed by atoms with E-state index in [1.165, 1.54) is 12.1 Å². The lowest BCUT2D eigenvalue weighted by Gasteiger charge is -2.14. The molecule has 0 saturated heterocycles. The smallest absolute Gasteiger partial charge is 0.313 e. The van der Waals surface area contributed by atoms with Gasteiger partial charge in [-0.1, -0.05) is 30.1 Å². The number of hydrogen-bond donors (Lipinski definition) is 3. The zero-order chi connectivity index (χ0) is 14.4. The molecule has 1 aromatic carbocycles. The van der Waals surface area contributed by atoms with Crippen LogP contribution in [0.5, 0.6) is 0 Å². The minimum Gasteiger partial charge on any atom is -0.394 e. The van der Waals surface area contributed by atoms with Crippen molar-refractivity contribution in [2.75, 3.05) is 11.9 Å². The van der Waals surface area contributed by atoms with Crippen molar-refractivity contribution in [3.05, 3.63) is 28.2 Å². The number of amides is 2. The minimum absolute atomic E-state index is 0.225. The first-order chi connectivity index (χ1) is 8.97. The Bertz CT molecular complexity index is 476. The van der Waals surface area contributed by atoms with Gasteiger partial charge in [-0.05, 0) is 24.6 Å². The number of carbonyl (C=O) groups is 2. The van der Waals surface area contributed by atoms with Crippen molar-refractivity contribution in [3.8, 4) is 0 Å². The highest BCUT2D eigenvalue weighted by molar-refractivity contribution is 6.42. The van der Waals surface area contributed by atoms with E-state index in [1.807, 2.05) is 0 Å². The van der Waals surface area contributed by atoms with Crippen LogP contribution < -0.4 is 10.6 Å². The Morgan fingerprint density at radius 2 is 2.00 bits per heavy atom. The molecule has 19 heavy (non-hydrogen) atoms. The van der Waals surface area contributed by atoms with E-state index in [2.05, 4.69) is 10.6 Å². The van der Waals surface area contributed by atoms with Gasteiger partial charge in [-0.2, -0.15) is 0 Å². The lowest BCUT2D eigenvalue weighted by atomic mass is 10.2. The first-order valence-corrected chi connectivity index (χ1v) is 6.41. The predicted octanol–water partition coefficient (Wildman–Crippen LogP) is 1.82. The highest BCUT2D eigenvalue weighted by Gasteiger charge is 2.18. The van der Waals surface area contributed by atoms with Gasteiger partial charge in [0.2, 0.25) is 0 Å². The van der Waals surface area contributed by atoms with Crippen molar-refractivity contribution in [2.45, 2.75) is 19.4 Å². The fraction of sp³-hybridized carbons (Fsp3) is 0.333. The third-order valence-electron chi connectivity index (χ3n) is 2.43. The molecule has 3 N–H and O–H groups in total. The number of aliphatic hydroxyl groups excluding tert-OH is 1. The lowest BCUT2D eigenvalue weighted by molar-refractivity contribution is -0.136. The van der Waals surface area contributed by atoms with Gasteiger partial charge in [0.1, 0.15) is 0 Å². The number of rotatable bonds is 4. The molecule has 1 aromatic rings. The summed E-state index contributed by atoms with van der Waals surface area (Å²) >= 11 is 11.6. The summed E-state index contributed by atoms with van der Waals surface area (Å²) in [5.74, 6) is -1.68. The van der Waals surface area contributed by atoms with Gasteiger partial charge in [-0.15, -0.1) is 0 Å². The monoisotopic (exact) mass is 304 g/mol. The van der Waals surface area contributed by atoms with Crippen LogP contribution in [0.15, 0.2) is 18.2 Å². The largest absolute Gasteiger partial charge is 0.394 e. The van der Waals surface area contributed by atoms with Gasteiger partial charge in [0.05, 0.1) is 23.4 Å². The molecular formula is C12H14Cl2N2O3. The second kappa shape index (κ2) is 7.33. The quantitative estimate of drug-likeness (QED) is 0.742. The highest BCUT2D eigenvalue weighted by atomic mass is 35.5. The zero-order valence-corrected chi connectivity index (χ0v) is 11.8. The third kappa shape index (κ3) is 4.70. The van der Waals surface area contributed by atoms with Gasteiger partial charge < -0.3 is 15.7 Å². The van der Waals surface area contributed by atoms with Crippen LogP contribution in [0.3, 0.4) is 0 Å². The average molecular weight is 305 g/mol. The van der Waals surface area contributed by atoms with Crippen LogP contribution in [0.2, 0.25) is 10.0 Å². The maximum absolute atomic E-state index is 11.6. The number of benzene rings is 1. The van der Waals surface area contributed by atoms with E-state index in [0.29, 0.717) is 17.1 Å². The summed E-state index contributed by atoms with van der Waals surface area (Å²) in [5, 5.41) is 14.4. The molecule has 0 radical (unpaired) electrons. The number of halogens is 2. The summed E-state index contributed by atoms with van der Waals surface area (Å²) in [6.07, 6.45) is 0.525. The normalized spacial score (nSPS) is 11.8. The van der Waals surface area contributed by atoms with Crippen LogP contribution in [0, 0.1) is 0 Å². The van der Waals surface area contributed by atoms with Crippen molar-refractivity contribution in [1.29, 1.82) is 0 Å². The number of nitrogens with one attached hydrogen (secondary N) is 2. The zero-order valence-electron chi connectivity index (χ0n) is 10.2. The number of hydrogen-bond acceptors (Lipinski definition) is 3. The third-order valence-corrected chi connectivity index (χ3v) is 2.98. The first kappa shape index (κ1) is 15.8. The van der Waals surface area contributed by atoms with Crippen LogP contribution in [-0.2, 0) is 9.59 Å².